The topological polar surface area (TPSA) is 87.8 Å². The molecule has 1 fully saturated rings. The number of nitrogens with one attached hydrogen (secondary N) is 1. The van der Waals surface area contributed by atoms with Crippen molar-refractivity contribution in [1.29, 1.82) is 0 Å². The fourth-order valence-electron chi connectivity index (χ4n) is 4.87. The number of ether oxygens (including phenoxy) is 2. The molecule has 166 valence electrons. The molecule has 0 saturated carbocycles. The van der Waals surface area contributed by atoms with Crippen LogP contribution in [0.25, 0.3) is 10.2 Å². The molecule has 0 atom stereocenters. The number of H-pyrrole nitrogens is 1. The molecular weight excluding hydrogens is 428 g/mol. The molecule has 32 heavy (non-hydrogen) atoms. The van der Waals surface area contributed by atoms with Crippen LogP contribution in [0.4, 0.5) is 0 Å². The van der Waals surface area contributed by atoms with Crippen LogP contribution >= 0.6 is 11.3 Å². The summed E-state index contributed by atoms with van der Waals surface area (Å²) in [6, 6.07) is 5.41. The standard InChI is InChI=1S/C23H24N4O4S/c28-21-19-14-4-1-2-7-17(14)32-22(19)25-18(24-21)12-26-8-10-27(11-9-26)23(29)15-5-3-6-16-20(15)31-13-30-16/h3,5-6H,1-2,4,7-13H2,(H,24,25,28). The normalized spacial score (nSPS) is 18.2. The number of benzene rings is 1. The smallest absolute Gasteiger partial charge is 0.259 e. The van der Waals surface area contributed by atoms with E-state index in [-0.39, 0.29) is 18.3 Å². The molecule has 2 aromatic heterocycles. The third-order valence-electron chi connectivity index (χ3n) is 6.53. The Balaban J connectivity index is 1.14. The lowest BCUT2D eigenvalue weighted by atomic mass is 9.97. The van der Waals surface area contributed by atoms with Crippen LogP contribution in [0.2, 0.25) is 0 Å². The maximum atomic E-state index is 13.0. The van der Waals surface area contributed by atoms with Crippen LogP contribution in [0.1, 0.15) is 39.5 Å². The number of hydrogen-bond donors (Lipinski definition) is 1. The Morgan fingerprint density at radius 3 is 2.84 bits per heavy atom. The fraction of sp³-hybridized carbons (Fsp3) is 0.435. The molecule has 3 aromatic rings. The first kappa shape index (κ1) is 19.8. The van der Waals surface area contributed by atoms with E-state index in [2.05, 4.69) is 9.88 Å². The van der Waals surface area contributed by atoms with Gasteiger partial charge in [-0.1, -0.05) is 6.07 Å². The summed E-state index contributed by atoms with van der Waals surface area (Å²) in [6.45, 7) is 3.40. The van der Waals surface area contributed by atoms with Crippen LogP contribution in [0.3, 0.4) is 0 Å². The molecule has 0 bridgehead atoms. The predicted octanol–water partition coefficient (Wildman–Crippen LogP) is 2.55. The highest BCUT2D eigenvalue weighted by Gasteiger charge is 2.28. The molecule has 0 unspecified atom stereocenters. The molecule has 1 aromatic carbocycles. The minimum absolute atomic E-state index is 0.0154. The van der Waals surface area contributed by atoms with E-state index >= 15 is 0 Å². The Kier molecular flexibility index (Phi) is 4.87. The van der Waals surface area contributed by atoms with Crippen LogP contribution < -0.4 is 15.0 Å². The number of carbonyl (C=O) groups excluding carboxylic acids is 1. The van der Waals surface area contributed by atoms with Gasteiger partial charge in [0.05, 0.1) is 17.5 Å². The summed E-state index contributed by atoms with van der Waals surface area (Å²) in [5.41, 5.74) is 1.75. The van der Waals surface area contributed by atoms with Crippen molar-refractivity contribution >= 4 is 27.5 Å². The van der Waals surface area contributed by atoms with Gasteiger partial charge < -0.3 is 19.4 Å². The van der Waals surface area contributed by atoms with Crippen molar-refractivity contribution < 1.29 is 14.3 Å². The molecule has 6 rings (SSSR count). The first-order chi connectivity index (χ1) is 15.7. The lowest BCUT2D eigenvalue weighted by Crippen LogP contribution is -2.48. The van der Waals surface area contributed by atoms with Gasteiger partial charge in [0.1, 0.15) is 10.7 Å². The second-order valence-electron chi connectivity index (χ2n) is 8.51. The van der Waals surface area contributed by atoms with E-state index in [1.807, 2.05) is 17.0 Å². The summed E-state index contributed by atoms with van der Waals surface area (Å²) >= 11 is 1.68. The number of piperazine rings is 1. The Bertz CT molecular complexity index is 1260. The number of amides is 1. The van der Waals surface area contributed by atoms with Crippen molar-refractivity contribution in [3.8, 4) is 11.5 Å². The second-order valence-corrected chi connectivity index (χ2v) is 9.60. The van der Waals surface area contributed by atoms with Crippen LogP contribution in [-0.2, 0) is 19.4 Å². The molecular formula is C23H24N4O4S. The largest absolute Gasteiger partial charge is 0.454 e. The summed E-state index contributed by atoms with van der Waals surface area (Å²) in [4.78, 5) is 39.9. The van der Waals surface area contributed by atoms with Gasteiger partial charge in [-0.3, -0.25) is 14.5 Å². The van der Waals surface area contributed by atoms with Gasteiger partial charge in [-0.15, -0.1) is 11.3 Å². The van der Waals surface area contributed by atoms with E-state index < -0.39 is 0 Å². The predicted molar refractivity (Wildman–Crippen MR) is 121 cm³/mol. The third kappa shape index (κ3) is 3.36. The van der Waals surface area contributed by atoms with Gasteiger partial charge in [0.15, 0.2) is 11.5 Å². The van der Waals surface area contributed by atoms with Gasteiger partial charge in [0, 0.05) is 31.1 Å². The third-order valence-corrected chi connectivity index (χ3v) is 7.72. The Labute approximate surface area is 188 Å². The summed E-state index contributed by atoms with van der Waals surface area (Å²) in [5.74, 6) is 1.82. The van der Waals surface area contributed by atoms with E-state index in [4.69, 9.17) is 14.5 Å². The summed E-state index contributed by atoms with van der Waals surface area (Å²) in [7, 11) is 0. The average Bonchev–Trinajstić information content (AvgIpc) is 3.43. The number of fused-ring (bicyclic) bond motifs is 4. The van der Waals surface area contributed by atoms with Gasteiger partial charge in [-0.2, -0.15) is 0 Å². The van der Waals surface area contributed by atoms with Gasteiger partial charge in [-0.25, -0.2) is 4.98 Å². The van der Waals surface area contributed by atoms with Crippen molar-refractivity contribution in [3.05, 3.63) is 50.4 Å². The quantitative estimate of drug-likeness (QED) is 0.657. The molecule has 1 saturated heterocycles. The molecule has 8 nitrogen and oxygen atoms in total. The highest BCUT2D eigenvalue weighted by molar-refractivity contribution is 7.18. The molecule has 1 aliphatic carbocycles. The Morgan fingerprint density at radius 1 is 1.12 bits per heavy atom. The number of hydrogen-bond acceptors (Lipinski definition) is 7. The lowest BCUT2D eigenvalue weighted by molar-refractivity contribution is 0.0621. The second kappa shape index (κ2) is 7.90. The molecule has 2 aliphatic heterocycles. The number of para-hydroxylation sites is 1. The van der Waals surface area contributed by atoms with E-state index in [1.54, 1.807) is 17.4 Å². The number of nitrogens with zero attached hydrogens (tertiary/aromatic N) is 3. The minimum Gasteiger partial charge on any atom is -0.454 e. The van der Waals surface area contributed by atoms with Crippen LogP contribution in [0.5, 0.6) is 11.5 Å². The molecule has 0 spiro atoms. The van der Waals surface area contributed by atoms with Gasteiger partial charge in [0.25, 0.3) is 11.5 Å². The maximum absolute atomic E-state index is 13.0. The van der Waals surface area contributed by atoms with Gasteiger partial charge in [-0.05, 0) is 43.4 Å². The summed E-state index contributed by atoms with van der Waals surface area (Å²) < 4.78 is 10.9. The summed E-state index contributed by atoms with van der Waals surface area (Å²) in [6.07, 6.45) is 4.38. The monoisotopic (exact) mass is 452 g/mol. The number of aryl methyl sites for hydroxylation is 2. The molecule has 1 amide bonds. The molecule has 9 heteroatoms. The molecule has 0 radical (unpaired) electrons. The van der Waals surface area contributed by atoms with Crippen LogP contribution in [0.15, 0.2) is 23.0 Å². The van der Waals surface area contributed by atoms with Crippen molar-refractivity contribution in [2.75, 3.05) is 33.0 Å². The van der Waals surface area contributed by atoms with Crippen molar-refractivity contribution in [2.45, 2.75) is 32.2 Å². The number of carbonyl (C=O) groups is 1. The van der Waals surface area contributed by atoms with Gasteiger partial charge in [0.2, 0.25) is 6.79 Å². The zero-order valence-electron chi connectivity index (χ0n) is 17.7. The Morgan fingerprint density at radius 2 is 1.97 bits per heavy atom. The van der Waals surface area contributed by atoms with Crippen LogP contribution in [-0.4, -0.2) is 58.6 Å². The number of aromatic nitrogens is 2. The highest BCUT2D eigenvalue weighted by Crippen LogP contribution is 2.36. The fourth-order valence-corrected chi connectivity index (χ4v) is 6.15. The van der Waals surface area contributed by atoms with E-state index in [0.29, 0.717) is 42.5 Å². The molecule has 3 aliphatic rings. The Hall–Kier alpha value is -2.91. The van der Waals surface area contributed by atoms with E-state index in [0.717, 1.165) is 42.6 Å². The first-order valence-electron chi connectivity index (χ1n) is 11.1. The van der Waals surface area contributed by atoms with Gasteiger partial charge >= 0.3 is 0 Å². The molecule has 1 N–H and O–H groups in total. The summed E-state index contributed by atoms with van der Waals surface area (Å²) in [5, 5.41) is 0.797. The maximum Gasteiger partial charge on any atom is 0.259 e. The highest BCUT2D eigenvalue weighted by atomic mass is 32.1. The zero-order chi connectivity index (χ0) is 21.7. The van der Waals surface area contributed by atoms with E-state index in [9.17, 15) is 9.59 Å². The van der Waals surface area contributed by atoms with Crippen molar-refractivity contribution in [3.63, 3.8) is 0 Å². The SMILES string of the molecule is O=C(c1cccc2c1OCO2)N1CCN(Cc2nc3sc4c(c3c(=O)[nH]2)CCCC4)CC1. The van der Waals surface area contributed by atoms with Crippen LogP contribution in [0, 0.1) is 0 Å². The van der Waals surface area contributed by atoms with Crippen molar-refractivity contribution in [2.24, 2.45) is 0 Å². The number of thiophene rings is 1. The van der Waals surface area contributed by atoms with Crippen molar-refractivity contribution in [1.82, 2.24) is 19.8 Å². The number of aromatic amines is 1. The zero-order valence-corrected chi connectivity index (χ0v) is 18.5. The van der Waals surface area contributed by atoms with E-state index in [1.165, 1.54) is 16.9 Å². The number of rotatable bonds is 3. The minimum atomic E-state index is -0.0379. The molecule has 4 heterocycles. The lowest BCUT2D eigenvalue weighted by Gasteiger charge is -2.34. The first-order valence-corrected chi connectivity index (χ1v) is 11.9. The average molecular weight is 453 g/mol.